The highest BCUT2D eigenvalue weighted by Gasteiger charge is 2.48. The lowest BCUT2D eigenvalue weighted by atomic mass is 9.82. The molecule has 4 rings (SSSR count). The van der Waals surface area contributed by atoms with Gasteiger partial charge < -0.3 is 15.7 Å². The lowest BCUT2D eigenvalue weighted by Gasteiger charge is -2.28. The third-order valence-electron chi connectivity index (χ3n) is 7.84. The van der Waals surface area contributed by atoms with Crippen molar-refractivity contribution in [2.45, 2.75) is 78.0 Å². The Kier molecular flexibility index (Phi) is 7.71. The van der Waals surface area contributed by atoms with E-state index >= 15 is 0 Å². The highest BCUT2D eigenvalue weighted by atomic mass is 16.3. The number of rotatable bonds is 7. The average Bonchev–Trinajstić information content (AvgIpc) is 3.33. The summed E-state index contributed by atoms with van der Waals surface area (Å²) in [6.07, 6.45) is 0.896. The molecule has 3 atom stereocenters. The van der Waals surface area contributed by atoms with Crippen LogP contribution in [-0.4, -0.2) is 51.9 Å². The molecule has 2 aliphatic heterocycles. The fourth-order valence-electron chi connectivity index (χ4n) is 5.48. The van der Waals surface area contributed by atoms with Gasteiger partial charge in [0.15, 0.2) is 11.5 Å². The number of aliphatic hydroxyl groups excluding tert-OH is 1. The van der Waals surface area contributed by atoms with Gasteiger partial charge in [-0.3, -0.25) is 14.5 Å². The molecule has 7 nitrogen and oxygen atoms in total. The minimum absolute atomic E-state index is 0.0374. The van der Waals surface area contributed by atoms with Crippen LogP contribution in [0.25, 0.3) is 0 Å². The zero-order valence-electron chi connectivity index (χ0n) is 23.6. The number of benzene rings is 2. The standard InChI is InChI=1S/C31H42N4O3/c1-20(2)14-15-31(23-10-8-7-9-11-23)28(38)35(29(32)33-31)18-22-12-13-25(30(4,5)6)24(16-22)27(37)34-17-21(3)26(36)19-34/h7-13,16,20-21,26,36H,14-15,17-19H2,1-6H3,(H2,32,33)/t21?,26?,31-/m1/s1. The molecule has 0 aliphatic carbocycles. The molecule has 3 N–H and O–H groups in total. The molecule has 2 amide bonds. The molecule has 204 valence electrons. The Morgan fingerprint density at radius 1 is 1.16 bits per heavy atom. The number of hydrogen-bond acceptors (Lipinski definition) is 5. The number of likely N-dealkylation sites (tertiary alicyclic amines) is 1. The van der Waals surface area contributed by atoms with Crippen molar-refractivity contribution < 1.29 is 14.7 Å². The maximum atomic E-state index is 14.0. The fourth-order valence-corrected chi connectivity index (χ4v) is 5.48. The summed E-state index contributed by atoms with van der Waals surface area (Å²) in [6.45, 7) is 13.6. The Labute approximate surface area is 226 Å². The van der Waals surface area contributed by atoms with Crippen LogP contribution in [0.15, 0.2) is 53.5 Å². The predicted molar refractivity (Wildman–Crippen MR) is 151 cm³/mol. The molecule has 0 aromatic heterocycles. The number of β-amino-alcohol motifs (C(OH)–C–C–N with tert-alkyl or cyclic N) is 1. The normalized spacial score (nSPS) is 23.9. The van der Waals surface area contributed by atoms with E-state index in [9.17, 15) is 14.7 Å². The first-order chi connectivity index (χ1) is 17.8. The molecule has 38 heavy (non-hydrogen) atoms. The molecule has 7 heteroatoms. The number of carbonyl (C=O) groups is 2. The Morgan fingerprint density at radius 3 is 2.42 bits per heavy atom. The maximum absolute atomic E-state index is 14.0. The zero-order valence-corrected chi connectivity index (χ0v) is 23.6. The van der Waals surface area contributed by atoms with Gasteiger partial charge in [0.1, 0.15) is 0 Å². The molecule has 0 saturated carbocycles. The molecule has 0 radical (unpaired) electrons. The number of nitrogens with zero attached hydrogens (tertiary/aromatic N) is 3. The summed E-state index contributed by atoms with van der Waals surface area (Å²) in [5.41, 5.74) is 8.32. The number of hydrogen-bond donors (Lipinski definition) is 2. The summed E-state index contributed by atoms with van der Waals surface area (Å²) in [5, 5.41) is 10.3. The minimum Gasteiger partial charge on any atom is -0.391 e. The van der Waals surface area contributed by atoms with E-state index < -0.39 is 11.6 Å². The van der Waals surface area contributed by atoms with Gasteiger partial charge in [0.25, 0.3) is 11.8 Å². The highest BCUT2D eigenvalue weighted by molar-refractivity contribution is 6.07. The second-order valence-corrected chi connectivity index (χ2v) is 12.4. The lowest BCUT2D eigenvalue weighted by Crippen LogP contribution is -2.42. The van der Waals surface area contributed by atoms with Crippen molar-refractivity contribution in [1.82, 2.24) is 9.80 Å². The van der Waals surface area contributed by atoms with Gasteiger partial charge in [0.2, 0.25) is 0 Å². The van der Waals surface area contributed by atoms with E-state index in [-0.39, 0.29) is 35.7 Å². The number of nitrogens with two attached hydrogens (primary N) is 1. The Bertz CT molecular complexity index is 1210. The number of carbonyl (C=O) groups excluding carboxylic acids is 2. The van der Waals surface area contributed by atoms with Crippen LogP contribution in [-0.2, 0) is 22.3 Å². The lowest BCUT2D eigenvalue weighted by molar-refractivity contribution is -0.132. The van der Waals surface area contributed by atoms with Crippen LogP contribution in [0.2, 0.25) is 0 Å². The van der Waals surface area contributed by atoms with Crippen LogP contribution < -0.4 is 5.73 Å². The van der Waals surface area contributed by atoms with Gasteiger partial charge in [-0.15, -0.1) is 0 Å². The van der Waals surface area contributed by atoms with E-state index in [0.717, 1.165) is 23.1 Å². The molecule has 1 saturated heterocycles. The summed E-state index contributed by atoms with van der Waals surface area (Å²) in [7, 11) is 0. The molecule has 1 fully saturated rings. The summed E-state index contributed by atoms with van der Waals surface area (Å²) in [4.78, 5) is 35.7. The smallest absolute Gasteiger partial charge is 0.262 e. The number of amides is 2. The first-order valence-electron chi connectivity index (χ1n) is 13.7. The minimum atomic E-state index is -1.04. The van der Waals surface area contributed by atoms with Gasteiger partial charge >= 0.3 is 0 Å². The Balaban J connectivity index is 1.67. The zero-order chi connectivity index (χ0) is 27.8. The van der Waals surface area contributed by atoms with Crippen molar-refractivity contribution >= 4 is 17.8 Å². The molecule has 2 aromatic carbocycles. The average molecular weight is 519 g/mol. The Hall–Kier alpha value is -3.19. The third kappa shape index (κ3) is 5.35. The topological polar surface area (TPSA) is 99.2 Å². The van der Waals surface area contributed by atoms with E-state index in [0.29, 0.717) is 31.0 Å². The second-order valence-electron chi connectivity index (χ2n) is 12.4. The fraction of sp³-hybridized carbons (Fsp3) is 0.516. The van der Waals surface area contributed by atoms with Crippen molar-refractivity contribution in [3.05, 3.63) is 70.8 Å². The molecular formula is C31H42N4O3. The van der Waals surface area contributed by atoms with E-state index in [1.807, 2.05) is 55.5 Å². The third-order valence-corrected chi connectivity index (χ3v) is 7.84. The number of aliphatic imine (C=N–C) groups is 1. The predicted octanol–water partition coefficient (Wildman–Crippen LogP) is 4.43. The monoisotopic (exact) mass is 518 g/mol. The first-order valence-corrected chi connectivity index (χ1v) is 13.7. The molecule has 0 spiro atoms. The summed E-state index contributed by atoms with van der Waals surface area (Å²) >= 11 is 0. The molecule has 2 aliphatic rings. The van der Waals surface area contributed by atoms with Crippen LogP contribution in [0, 0.1) is 11.8 Å². The molecule has 2 unspecified atom stereocenters. The van der Waals surface area contributed by atoms with Gasteiger partial charge in [-0.1, -0.05) is 84.0 Å². The van der Waals surface area contributed by atoms with Crippen molar-refractivity contribution in [3.63, 3.8) is 0 Å². The van der Waals surface area contributed by atoms with Crippen molar-refractivity contribution in [1.29, 1.82) is 0 Å². The summed E-state index contributed by atoms with van der Waals surface area (Å²) in [6, 6.07) is 15.5. The Morgan fingerprint density at radius 2 is 1.84 bits per heavy atom. The van der Waals surface area contributed by atoms with Crippen molar-refractivity contribution in [2.75, 3.05) is 13.1 Å². The molecular weight excluding hydrogens is 476 g/mol. The van der Waals surface area contributed by atoms with E-state index in [1.54, 1.807) is 9.80 Å². The van der Waals surface area contributed by atoms with Gasteiger partial charge in [-0.2, -0.15) is 0 Å². The number of aliphatic hydroxyl groups is 1. The first kappa shape index (κ1) is 27.8. The maximum Gasteiger partial charge on any atom is 0.262 e. The van der Waals surface area contributed by atoms with Crippen LogP contribution >= 0.6 is 0 Å². The van der Waals surface area contributed by atoms with E-state index in [4.69, 9.17) is 10.7 Å². The van der Waals surface area contributed by atoms with Crippen LogP contribution in [0.5, 0.6) is 0 Å². The summed E-state index contributed by atoms with van der Waals surface area (Å²) < 4.78 is 0. The van der Waals surface area contributed by atoms with Crippen molar-refractivity contribution in [2.24, 2.45) is 22.6 Å². The molecule has 0 bridgehead atoms. The quantitative estimate of drug-likeness (QED) is 0.567. The molecule has 2 heterocycles. The van der Waals surface area contributed by atoms with Gasteiger partial charge in [-0.25, -0.2) is 4.99 Å². The summed E-state index contributed by atoms with van der Waals surface area (Å²) in [5.74, 6) is 0.428. The van der Waals surface area contributed by atoms with E-state index in [1.165, 1.54) is 0 Å². The molecule has 2 aromatic rings. The largest absolute Gasteiger partial charge is 0.391 e. The second kappa shape index (κ2) is 10.5. The van der Waals surface area contributed by atoms with Gasteiger partial charge in [0.05, 0.1) is 12.6 Å². The highest BCUT2D eigenvalue weighted by Crippen LogP contribution is 2.39. The van der Waals surface area contributed by atoms with Crippen LogP contribution in [0.3, 0.4) is 0 Å². The van der Waals surface area contributed by atoms with Gasteiger partial charge in [0, 0.05) is 24.6 Å². The number of guanidine groups is 1. The SMILES string of the molecule is CC(C)CC[C@]1(c2ccccc2)N=C(N)N(Cc2ccc(C(C)(C)C)c(C(=O)N3CC(C)C(O)C3)c2)C1=O. The van der Waals surface area contributed by atoms with Gasteiger partial charge in [-0.05, 0) is 46.9 Å². The van der Waals surface area contributed by atoms with Crippen molar-refractivity contribution in [3.8, 4) is 0 Å². The van der Waals surface area contributed by atoms with Crippen LogP contribution in [0.4, 0.5) is 0 Å². The van der Waals surface area contributed by atoms with Crippen LogP contribution in [0.1, 0.15) is 81.4 Å². The van der Waals surface area contributed by atoms with E-state index in [2.05, 4.69) is 34.6 Å².